The van der Waals surface area contributed by atoms with Crippen LogP contribution < -0.4 is 15.0 Å². The molecule has 2 aromatic carbocycles. The largest absolute Gasteiger partial charge is 0.456 e. The summed E-state index contributed by atoms with van der Waals surface area (Å²) in [6, 6.07) is 17.9. The maximum absolute atomic E-state index is 12.0. The van der Waals surface area contributed by atoms with Crippen LogP contribution in [0.3, 0.4) is 0 Å². The van der Waals surface area contributed by atoms with E-state index in [-0.39, 0.29) is 6.03 Å². The molecule has 4 nitrogen and oxygen atoms in total. The third-order valence-corrected chi connectivity index (χ3v) is 2.93. The van der Waals surface area contributed by atoms with Crippen molar-refractivity contribution in [1.29, 1.82) is 0 Å². The summed E-state index contributed by atoms with van der Waals surface area (Å²) < 4.78 is 5.58. The summed E-state index contributed by atoms with van der Waals surface area (Å²) in [7, 11) is 1.55. The van der Waals surface area contributed by atoms with Gasteiger partial charge in [0.1, 0.15) is 5.75 Å². The Morgan fingerprint density at radius 3 is 2.20 bits per heavy atom. The van der Waals surface area contributed by atoms with Crippen LogP contribution in [0.15, 0.2) is 60.7 Å². The van der Waals surface area contributed by atoms with E-state index < -0.39 is 5.69 Å². The van der Waals surface area contributed by atoms with Crippen molar-refractivity contribution in [3.63, 3.8) is 0 Å². The Morgan fingerprint density at radius 1 is 1.10 bits per heavy atom. The minimum Gasteiger partial charge on any atom is -0.456 e. The standard InChI is InChI=1S/C15H15ClN2O2/c1-17-15(19)18(12-8-4-2-5-9-12)14(16)20-13-10-6-3-7-11-13/h2-11,14H,1H3,(H,17,19). The number of urea groups is 1. The van der Waals surface area contributed by atoms with Gasteiger partial charge in [0, 0.05) is 7.05 Å². The number of alkyl halides is 1. The van der Waals surface area contributed by atoms with Crippen molar-refractivity contribution in [1.82, 2.24) is 5.32 Å². The first-order valence-electron chi connectivity index (χ1n) is 6.14. The summed E-state index contributed by atoms with van der Waals surface area (Å²) >= 11 is 6.23. The first-order valence-corrected chi connectivity index (χ1v) is 6.58. The molecule has 20 heavy (non-hydrogen) atoms. The first-order chi connectivity index (χ1) is 9.72. The number of amides is 2. The molecule has 2 amide bonds. The van der Waals surface area contributed by atoms with Gasteiger partial charge >= 0.3 is 6.03 Å². The number of nitrogens with zero attached hydrogens (tertiary/aromatic N) is 1. The van der Waals surface area contributed by atoms with Crippen LogP contribution in [0.5, 0.6) is 5.75 Å². The molecule has 0 fully saturated rings. The van der Waals surface area contributed by atoms with Crippen LogP contribution in [-0.2, 0) is 0 Å². The van der Waals surface area contributed by atoms with Crippen molar-refractivity contribution >= 4 is 23.3 Å². The average molecular weight is 291 g/mol. The molecule has 5 heteroatoms. The van der Waals surface area contributed by atoms with Crippen molar-refractivity contribution in [2.75, 3.05) is 11.9 Å². The van der Waals surface area contributed by atoms with Gasteiger partial charge in [0.25, 0.3) is 5.69 Å². The predicted octanol–water partition coefficient (Wildman–Crippen LogP) is 3.43. The van der Waals surface area contributed by atoms with Gasteiger partial charge in [-0.2, -0.15) is 0 Å². The molecule has 0 aliphatic heterocycles. The molecule has 0 aromatic heterocycles. The van der Waals surface area contributed by atoms with Gasteiger partial charge in [0.15, 0.2) is 0 Å². The number of para-hydroxylation sites is 2. The van der Waals surface area contributed by atoms with Gasteiger partial charge in [-0.3, -0.25) is 0 Å². The number of ether oxygens (including phenoxy) is 1. The second-order valence-electron chi connectivity index (χ2n) is 3.98. The Hall–Kier alpha value is -2.20. The lowest BCUT2D eigenvalue weighted by molar-refractivity contribution is 0.229. The molecule has 0 bridgehead atoms. The van der Waals surface area contributed by atoms with E-state index in [0.29, 0.717) is 11.4 Å². The van der Waals surface area contributed by atoms with Gasteiger partial charge in [-0.25, -0.2) is 9.69 Å². The summed E-state index contributed by atoms with van der Waals surface area (Å²) in [6.07, 6.45) is 0. The lowest BCUT2D eigenvalue weighted by Gasteiger charge is -2.27. The van der Waals surface area contributed by atoms with Gasteiger partial charge in [0.05, 0.1) is 5.69 Å². The Labute approximate surface area is 122 Å². The number of carbonyl (C=O) groups is 1. The van der Waals surface area contributed by atoms with E-state index in [0.717, 1.165) is 0 Å². The van der Waals surface area contributed by atoms with Crippen molar-refractivity contribution in [2.45, 2.75) is 5.69 Å². The van der Waals surface area contributed by atoms with E-state index in [9.17, 15) is 4.79 Å². The third kappa shape index (κ3) is 3.42. The zero-order valence-corrected chi connectivity index (χ0v) is 11.7. The smallest absolute Gasteiger partial charge is 0.325 e. The van der Waals surface area contributed by atoms with Crippen molar-refractivity contribution < 1.29 is 9.53 Å². The number of anilines is 1. The summed E-state index contributed by atoms with van der Waals surface area (Å²) in [5.74, 6) is 0.595. The Morgan fingerprint density at radius 2 is 1.65 bits per heavy atom. The number of hydrogen-bond donors (Lipinski definition) is 1. The molecular weight excluding hydrogens is 276 g/mol. The molecule has 1 atom stereocenters. The number of hydrogen-bond acceptors (Lipinski definition) is 2. The van der Waals surface area contributed by atoms with Gasteiger partial charge in [-0.05, 0) is 24.3 Å². The van der Waals surface area contributed by atoms with E-state index >= 15 is 0 Å². The summed E-state index contributed by atoms with van der Waals surface area (Å²) in [4.78, 5) is 13.3. The van der Waals surface area contributed by atoms with Crippen LogP contribution in [-0.4, -0.2) is 18.8 Å². The van der Waals surface area contributed by atoms with Crippen molar-refractivity contribution in [2.24, 2.45) is 0 Å². The lowest BCUT2D eigenvalue weighted by Crippen LogP contribution is -2.45. The summed E-state index contributed by atoms with van der Waals surface area (Å²) in [6.45, 7) is 0. The predicted molar refractivity (Wildman–Crippen MR) is 80.1 cm³/mol. The van der Waals surface area contributed by atoms with Crippen LogP contribution in [0.1, 0.15) is 0 Å². The molecule has 0 radical (unpaired) electrons. The monoisotopic (exact) mass is 290 g/mol. The van der Waals surface area contributed by atoms with Gasteiger partial charge in [-0.1, -0.05) is 48.0 Å². The minimum atomic E-state index is -0.945. The van der Waals surface area contributed by atoms with Crippen molar-refractivity contribution in [3.8, 4) is 5.75 Å². The van der Waals surface area contributed by atoms with Crippen LogP contribution in [0.25, 0.3) is 0 Å². The van der Waals surface area contributed by atoms with Crippen LogP contribution in [0.2, 0.25) is 0 Å². The number of nitrogens with one attached hydrogen (secondary N) is 1. The SMILES string of the molecule is CNC(=O)N(c1ccccc1)C(Cl)Oc1ccccc1. The molecular formula is C15H15ClN2O2. The van der Waals surface area contributed by atoms with Crippen LogP contribution >= 0.6 is 11.6 Å². The highest BCUT2D eigenvalue weighted by Gasteiger charge is 2.24. The quantitative estimate of drug-likeness (QED) is 0.532. The van der Waals surface area contributed by atoms with E-state index in [1.54, 1.807) is 31.3 Å². The highest BCUT2D eigenvalue weighted by molar-refractivity contribution is 6.23. The number of rotatable bonds is 4. The minimum absolute atomic E-state index is 0.341. The topological polar surface area (TPSA) is 41.6 Å². The van der Waals surface area contributed by atoms with Crippen molar-refractivity contribution in [3.05, 3.63) is 60.7 Å². The maximum Gasteiger partial charge on any atom is 0.325 e. The molecule has 1 unspecified atom stereocenters. The average Bonchev–Trinajstić information content (AvgIpc) is 2.49. The Bertz CT molecular complexity index is 548. The molecule has 0 aliphatic carbocycles. The molecule has 2 rings (SSSR count). The Kier molecular flexibility index (Phi) is 4.85. The third-order valence-electron chi connectivity index (χ3n) is 2.65. The van der Waals surface area contributed by atoms with E-state index in [2.05, 4.69) is 5.32 Å². The molecule has 1 N–H and O–H groups in total. The van der Waals surface area contributed by atoms with Gasteiger partial charge < -0.3 is 10.1 Å². The molecule has 0 spiro atoms. The fourth-order valence-corrected chi connectivity index (χ4v) is 2.00. The highest BCUT2D eigenvalue weighted by Crippen LogP contribution is 2.22. The number of halogens is 1. The van der Waals surface area contributed by atoms with E-state index in [1.807, 2.05) is 36.4 Å². The second-order valence-corrected chi connectivity index (χ2v) is 4.36. The highest BCUT2D eigenvalue weighted by atomic mass is 35.5. The number of benzene rings is 2. The molecule has 0 saturated carbocycles. The fraction of sp³-hybridized carbons (Fsp3) is 0.133. The normalized spacial score (nSPS) is 11.5. The van der Waals surface area contributed by atoms with Gasteiger partial charge in [0.2, 0.25) is 0 Å². The summed E-state index contributed by atoms with van der Waals surface area (Å²) in [5.41, 5.74) is -0.289. The van der Waals surface area contributed by atoms with E-state index in [1.165, 1.54) is 4.90 Å². The molecule has 104 valence electrons. The van der Waals surface area contributed by atoms with E-state index in [4.69, 9.17) is 16.3 Å². The molecule has 0 aliphatic rings. The van der Waals surface area contributed by atoms with Crippen LogP contribution in [0, 0.1) is 0 Å². The fourth-order valence-electron chi connectivity index (χ4n) is 1.70. The molecule has 2 aromatic rings. The summed E-state index contributed by atoms with van der Waals surface area (Å²) in [5, 5.41) is 2.55. The zero-order valence-electron chi connectivity index (χ0n) is 11.0. The lowest BCUT2D eigenvalue weighted by atomic mass is 10.3. The first kappa shape index (κ1) is 14.2. The maximum atomic E-state index is 12.0. The zero-order chi connectivity index (χ0) is 14.4. The Balaban J connectivity index is 2.21. The molecule has 0 heterocycles. The molecule has 0 saturated heterocycles. The van der Waals surface area contributed by atoms with Gasteiger partial charge in [-0.15, -0.1) is 0 Å². The number of carbonyl (C=O) groups excluding carboxylic acids is 1. The van der Waals surface area contributed by atoms with Crippen LogP contribution in [0.4, 0.5) is 10.5 Å². The second kappa shape index (κ2) is 6.82.